The first-order valence-electron chi connectivity index (χ1n) is 12.0. The molecule has 0 unspecified atom stereocenters. The molecule has 4 rings (SSSR count). The molecule has 2 aromatic rings. The summed E-state index contributed by atoms with van der Waals surface area (Å²) in [5, 5.41) is 19.9. The average molecular weight is 556 g/mol. The number of carbonyl (C=O) groups excluding carboxylic acids is 3. The van der Waals surface area contributed by atoms with Gasteiger partial charge in [-0.1, -0.05) is 42.3 Å². The summed E-state index contributed by atoms with van der Waals surface area (Å²) in [4.78, 5) is 41.6. The number of benzene rings is 1. The molecule has 10 nitrogen and oxygen atoms in total. The Labute approximate surface area is 243 Å². The van der Waals surface area contributed by atoms with Crippen molar-refractivity contribution in [2.24, 2.45) is 5.41 Å². The number of nitrogens with zero attached hydrogens (tertiary/aromatic N) is 2. The number of pyridine rings is 1. The Bertz CT molecular complexity index is 1170. The van der Waals surface area contributed by atoms with Gasteiger partial charge in [-0.25, -0.2) is 9.78 Å². The molecule has 1 aliphatic heterocycles. The number of ether oxygens (including phenoxy) is 1. The Morgan fingerprint density at radius 3 is 2.63 bits per heavy atom. The van der Waals surface area contributed by atoms with Gasteiger partial charge in [-0.15, -0.1) is 0 Å². The van der Waals surface area contributed by atoms with Crippen LogP contribution in [-0.2, 0) is 16.1 Å². The van der Waals surface area contributed by atoms with Crippen molar-refractivity contribution < 1.29 is 43.1 Å². The van der Waals surface area contributed by atoms with Crippen LogP contribution in [0.5, 0.6) is 5.88 Å². The van der Waals surface area contributed by atoms with Crippen molar-refractivity contribution in [1.82, 2.24) is 20.5 Å². The summed E-state index contributed by atoms with van der Waals surface area (Å²) in [5.74, 6) is -1.25. The summed E-state index contributed by atoms with van der Waals surface area (Å²) in [6.07, 6.45) is 2.67. The average Bonchev–Trinajstić information content (AvgIpc) is 2.79. The number of nitrogens with one attached hydrogen (secondary N) is 3. The van der Waals surface area contributed by atoms with Crippen LogP contribution in [0.2, 0.25) is 10.0 Å². The van der Waals surface area contributed by atoms with Crippen LogP contribution in [0.15, 0.2) is 36.5 Å². The summed E-state index contributed by atoms with van der Waals surface area (Å²) >= 11 is 11.9. The topological polar surface area (TPSA) is 136 Å². The van der Waals surface area contributed by atoms with Crippen molar-refractivity contribution in [3.05, 3.63) is 52.1 Å². The summed E-state index contributed by atoms with van der Waals surface area (Å²) in [7, 11) is 0. The van der Waals surface area contributed by atoms with Crippen LogP contribution in [0.1, 0.15) is 31.7 Å². The van der Waals surface area contributed by atoms with E-state index >= 15 is 0 Å². The number of carboxylic acid groups (broad SMARTS) is 1. The minimum atomic E-state index is -1.07. The van der Waals surface area contributed by atoms with Gasteiger partial charge >= 0.3 is 24.9 Å². The fourth-order valence-corrected chi connectivity index (χ4v) is 5.33. The number of hydrogen-bond donors (Lipinski definition) is 3. The first kappa shape index (κ1) is 30.1. The van der Waals surface area contributed by atoms with Gasteiger partial charge in [-0.05, 0) is 48.4 Å². The van der Waals surface area contributed by atoms with E-state index in [2.05, 4.69) is 20.9 Å². The molecule has 13 heteroatoms. The second kappa shape index (κ2) is 13.0. The van der Waals surface area contributed by atoms with Gasteiger partial charge in [0.2, 0.25) is 5.88 Å². The van der Waals surface area contributed by atoms with E-state index in [1.807, 2.05) is 17.9 Å². The molecule has 1 atom stereocenters. The number of urea groups is 1. The zero-order valence-electron chi connectivity index (χ0n) is 21.3. The first-order valence-corrected chi connectivity index (χ1v) is 12.7. The van der Waals surface area contributed by atoms with E-state index in [9.17, 15) is 19.5 Å². The zero-order valence-corrected chi connectivity index (χ0v) is 22.8. The minimum Gasteiger partial charge on any atom is -0.549 e. The van der Waals surface area contributed by atoms with E-state index in [0.29, 0.717) is 17.1 Å². The largest absolute Gasteiger partial charge is 1.00 e. The molecule has 1 saturated heterocycles. The van der Waals surface area contributed by atoms with E-state index in [1.165, 1.54) is 12.3 Å². The molecule has 198 valence electrons. The number of halogens is 2. The molecule has 38 heavy (non-hydrogen) atoms. The van der Waals surface area contributed by atoms with Gasteiger partial charge in [0.15, 0.2) is 6.10 Å². The fourth-order valence-electron chi connectivity index (χ4n) is 4.90. The normalized spacial score (nSPS) is 16.8. The predicted octanol–water partition coefficient (Wildman–Crippen LogP) is -0.798. The first-order chi connectivity index (χ1) is 17.6. The van der Waals surface area contributed by atoms with Gasteiger partial charge in [-0.2, -0.15) is 0 Å². The monoisotopic (exact) mass is 555 g/mol. The van der Waals surface area contributed by atoms with Crippen LogP contribution < -0.4 is 44.7 Å². The third-order valence-electron chi connectivity index (χ3n) is 6.51. The van der Waals surface area contributed by atoms with E-state index < -0.39 is 12.1 Å². The summed E-state index contributed by atoms with van der Waals surface area (Å²) < 4.78 is 5.67. The molecular formula is C25H28Cl2LiN5O5. The molecule has 2 heterocycles. The number of rotatable bonds is 10. The molecule has 3 N–H and O–H groups in total. The van der Waals surface area contributed by atoms with Gasteiger partial charge in [0.25, 0.3) is 5.91 Å². The second-order valence-corrected chi connectivity index (χ2v) is 10.4. The number of carboxylic acids is 1. The van der Waals surface area contributed by atoms with Crippen LogP contribution in [0.3, 0.4) is 0 Å². The van der Waals surface area contributed by atoms with E-state index in [1.54, 1.807) is 18.2 Å². The predicted molar refractivity (Wildman–Crippen MR) is 136 cm³/mol. The Balaban J connectivity index is 0.00000400. The molecule has 1 aromatic heterocycles. The van der Waals surface area contributed by atoms with E-state index in [-0.39, 0.29) is 66.2 Å². The van der Waals surface area contributed by atoms with Crippen molar-refractivity contribution >= 4 is 46.8 Å². The number of amides is 3. The quantitative estimate of drug-likeness (QED) is 0.326. The molecule has 0 bridgehead atoms. The number of carbonyl (C=O) groups is 3. The van der Waals surface area contributed by atoms with Gasteiger partial charge in [-0.3, -0.25) is 9.69 Å². The molecule has 0 radical (unpaired) electrons. The third-order valence-corrected chi connectivity index (χ3v) is 6.99. The van der Waals surface area contributed by atoms with Crippen LogP contribution in [0.4, 0.5) is 10.5 Å². The number of hydrogen-bond acceptors (Lipinski definition) is 7. The number of anilines is 1. The summed E-state index contributed by atoms with van der Waals surface area (Å²) in [6.45, 7) is 3.46. The Morgan fingerprint density at radius 1 is 1.24 bits per heavy atom. The third kappa shape index (κ3) is 7.77. The molecule has 2 fully saturated rings. The maximum absolute atomic E-state index is 12.7. The maximum Gasteiger partial charge on any atom is 1.00 e. The van der Waals surface area contributed by atoms with Crippen molar-refractivity contribution in [1.29, 1.82) is 0 Å². The van der Waals surface area contributed by atoms with Crippen LogP contribution in [-0.4, -0.2) is 59.6 Å². The van der Waals surface area contributed by atoms with Gasteiger partial charge in [0, 0.05) is 44.1 Å². The van der Waals surface area contributed by atoms with Crippen molar-refractivity contribution in [2.45, 2.75) is 44.9 Å². The fraction of sp³-hybridized carbons (Fsp3) is 0.440. The van der Waals surface area contributed by atoms with Crippen molar-refractivity contribution in [3.63, 3.8) is 0 Å². The van der Waals surface area contributed by atoms with E-state index in [0.717, 1.165) is 31.5 Å². The molecule has 1 aromatic carbocycles. The minimum absolute atomic E-state index is 0. The number of aliphatic carboxylic acids is 1. The molecular weight excluding hydrogens is 528 g/mol. The smallest absolute Gasteiger partial charge is 0.549 e. The molecule has 1 aliphatic carbocycles. The molecule has 1 spiro atoms. The SMILES string of the molecule is CC[C@@H](Oc1ncc(Cl)cc1Cl)C(=O)NCc1cccc(NC(=O)NC2CC3(C2)CN(CC(=O)[O-])C3)c1.[Li+]. The molecule has 2 aliphatic rings. The Hall–Kier alpha value is -2.48. The number of aromatic nitrogens is 1. The standard InChI is InChI=1S/C25H29Cl2N5O5.Li/c1-2-20(37-23-19(27)7-16(26)11-29-23)22(35)28-10-15-4-3-5-17(6-15)30-24(36)31-18-8-25(9-18)13-32(14-25)12-21(33)34;/h3-7,11,18,20H,2,8-10,12-14H2,1H3,(H,28,35)(H,33,34)(H2,30,31,36);/q;+1/p-1/t20-;/m1./s1. The van der Waals surface area contributed by atoms with Crippen LogP contribution in [0.25, 0.3) is 0 Å². The maximum atomic E-state index is 12.7. The Kier molecular flexibility index (Phi) is 10.3. The van der Waals surface area contributed by atoms with Crippen molar-refractivity contribution in [3.8, 4) is 5.88 Å². The van der Waals surface area contributed by atoms with Gasteiger partial charge < -0.3 is 30.6 Å². The van der Waals surface area contributed by atoms with Crippen molar-refractivity contribution in [2.75, 3.05) is 25.0 Å². The summed E-state index contributed by atoms with van der Waals surface area (Å²) in [5.41, 5.74) is 1.51. The van der Waals surface area contributed by atoms with Crippen LogP contribution >= 0.6 is 23.2 Å². The Morgan fingerprint density at radius 2 is 1.97 bits per heavy atom. The van der Waals surface area contributed by atoms with Crippen LogP contribution in [0, 0.1) is 5.41 Å². The summed E-state index contributed by atoms with van der Waals surface area (Å²) in [6, 6.07) is 8.43. The zero-order chi connectivity index (χ0) is 26.6. The van der Waals surface area contributed by atoms with Gasteiger partial charge in [0.05, 0.1) is 11.0 Å². The second-order valence-electron chi connectivity index (χ2n) is 9.59. The molecule has 1 saturated carbocycles. The van der Waals surface area contributed by atoms with E-state index in [4.69, 9.17) is 27.9 Å². The molecule has 3 amide bonds. The number of likely N-dealkylation sites (tertiary alicyclic amines) is 1. The van der Waals surface area contributed by atoms with Gasteiger partial charge in [0.1, 0.15) is 5.02 Å².